The number of hydrazine groups is 1. The molecule has 3 N–H and O–H groups in total. The fraction of sp³-hybridized carbons (Fsp3) is 0.500. The zero-order chi connectivity index (χ0) is 14.1. The highest BCUT2D eigenvalue weighted by Crippen LogP contribution is 2.36. The Labute approximate surface area is 131 Å². The number of nitrogens with two attached hydrogens (primary N) is 1. The lowest BCUT2D eigenvalue weighted by molar-refractivity contribution is 0.546. The maximum absolute atomic E-state index is 5.84. The van der Waals surface area contributed by atoms with Gasteiger partial charge in [0.25, 0.3) is 0 Å². The van der Waals surface area contributed by atoms with Crippen molar-refractivity contribution in [1.82, 2.24) is 15.2 Å². The van der Waals surface area contributed by atoms with Crippen LogP contribution in [0.2, 0.25) is 0 Å². The van der Waals surface area contributed by atoms with E-state index in [1.807, 2.05) is 22.2 Å². The molecule has 1 atom stereocenters. The first-order valence-electron chi connectivity index (χ1n) is 7.03. The molecule has 3 rings (SSSR count). The second-order valence-corrected chi connectivity index (χ2v) is 7.12. The van der Waals surface area contributed by atoms with E-state index in [4.69, 9.17) is 5.84 Å². The first-order chi connectivity index (χ1) is 9.74. The van der Waals surface area contributed by atoms with Crippen molar-refractivity contribution in [2.24, 2.45) is 5.84 Å². The molecule has 0 aliphatic heterocycles. The third-order valence-corrected chi connectivity index (χ3v) is 5.79. The average molecular weight is 355 g/mol. The summed E-state index contributed by atoms with van der Waals surface area (Å²) in [5, 5.41) is 4.39. The minimum Gasteiger partial charge on any atom is -0.270 e. The molecule has 1 aliphatic rings. The van der Waals surface area contributed by atoms with E-state index in [1.54, 1.807) is 0 Å². The van der Waals surface area contributed by atoms with Crippen molar-refractivity contribution < 1.29 is 0 Å². The Morgan fingerprint density at radius 2 is 2.30 bits per heavy atom. The minimum absolute atomic E-state index is 0.00225. The number of nitrogens with zero attached hydrogens (tertiary/aromatic N) is 2. The summed E-state index contributed by atoms with van der Waals surface area (Å²) >= 11 is 5.48. The lowest BCUT2D eigenvalue weighted by Crippen LogP contribution is -2.30. The van der Waals surface area contributed by atoms with Crippen LogP contribution in [0.5, 0.6) is 0 Å². The van der Waals surface area contributed by atoms with E-state index in [0.717, 1.165) is 16.7 Å². The van der Waals surface area contributed by atoms with E-state index in [2.05, 4.69) is 39.4 Å². The fourth-order valence-electron chi connectivity index (χ4n) is 2.86. The largest absolute Gasteiger partial charge is 0.270 e. The van der Waals surface area contributed by atoms with Crippen molar-refractivity contribution in [1.29, 1.82) is 0 Å². The fourth-order valence-corrected chi connectivity index (χ4v) is 4.71. The van der Waals surface area contributed by atoms with Crippen LogP contribution < -0.4 is 11.3 Å². The number of aryl methyl sites for hydroxylation is 3. The highest BCUT2D eigenvalue weighted by atomic mass is 79.9. The Morgan fingerprint density at radius 1 is 1.50 bits per heavy atom. The van der Waals surface area contributed by atoms with Gasteiger partial charge in [-0.05, 0) is 60.2 Å². The Kier molecular flexibility index (Phi) is 4.26. The van der Waals surface area contributed by atoms with Gasteiger partial charge in [-0.1, -0.05) is 0 Å². The van der Waals surface area contributed by atoms with E-state index in [1.165, 1.54) is 41.0 Å². The van der Waals surface area contributed by atoms with Gasteiger partial charge in [-0.2, -0.15) is 5.10 Å². The monoisotopic (exact) mass is 354 g/mol. The van der Waals surface area contributed by atoms with E-state index >= 15 is 0 Å². The third-order valence-electron chi connectivity index (χ3n) is 3.87. The summed E-state index contributed by atoms with van der Waals surface area (Å²) in [4.78, 5) is 2.82. The van der Waals surface area contributed by atoms with Gasteiger partial charge in [0, 0.05) is 16.3 Å². The highest BCUT2D eigenvalue weighted by Gasteiger charge is 2.24. The van der Waals surface area contributed by atoms with Gasteiger partial charge in [0.05, 0.1) is 22.4 Å². The van der Waals surface area contributed by atoms with Gasteiger partial charge in [0.1, 0.15) is 0 Å². The number of hydrogen-bond donors (Lipinski definition) is 2. The van der Waals surface area contributed by atoms with Crippen molar-refractivity contribution >= 4 is 27.3 Å². The third kappa shape index (κ3) is 2.45. The molecule has 1 unspecified atom stereocenters. The maximum Gasteiger partial charge on any atom is 0.0981 e. The molecule has 108 valence electrons. The summed E-state index contributed by atoms with van der Waals surface area (Å²) in [5.41, 5.74) is 5.58. The summed E-state index contributed by atoms with van der Waals surface area (Å²) in [5.74, 6) is 5.84. The number of fused-ring (bicyclic) bond motifs is 1. The molecule has 0 radical (unpaired) electrons. The van der Waals surface area contributed by atoms with Crippen LogP contribution in [0.15, 0.2) is 16.7 Å². The lowest BCUT2D eigenvalue weighted by atomic mass is 9.98. The molecule has 0 amide bonds. The molecular weight excluding hydrogens is 336 g/mol. The normalized spacial score (nSPS) is 16.1. The molecule has 2 heterocycles. The predicted octanol–water partition coefficient (Wildman–Crippen LogP) is 3.16. The number of rotatable bonds is 4. The van der Waals surface area contributed by atoms with Crippen LogP contribution in [0, 0.1) is 0 Å². The molecule has 4 nitrogen and oxygen atoms in total. The zero-order valence-corrected chi connectivity index (χ0v) is 13.9. The Hall–Kier alpha value is -0.690. The SMILES string of the molecule is CCn1ncc(Br)c1C(NN)c1cc2c(s1)CCCC2. The van der Waals surface area contributed by atoms with Crippen molar-refractivity contribution in [3.63, 3.8) is 0 Å². The van der Waals surface area contributed by atoms with Crippen LogP contribution in [0.3, 0.4) is 0 Å². The van der Waals surface area contributed by atoms with E-state index in [-0.39, 0.29) is 6.04 Å². The molecule has 0 aromatic carbocycles. The van der Waals surface area contributed by atoms with E-state index in [9.17, 15) is 0 Å². The summed E-state index contributed by atoms with van der Waals surface area (Å²) in [6.07, 6.45) is 6.88. The van der Waals surface area contributed by atoms with Gasteiger partial charge in [0.15, 0.2) is 0 Å². The van der Waals surface area contributed by atoms with Crippen LogP contribution in [-0.2, 0) is 19.4 Å². The van der Waals surface area contributed by atoms with Crippen LogP contribution >= 0.6 is 27.3 Å². The standard InChI is InChI=1S/C14H19BrN4S/c1-2-19-14(10(15)8-17-19)13(18-16)12-7-9-5-3-4-6-11(9)20-12/h7-8,13,18H,2-6,16H2,1H3. The highest BCUT2D eigenvalue weighted by molar-refractivity contribution is 9.10. The smallest absolute Gasteiger partial charge is 0.0981 e. The average Bonchev–Trinajstić information content (AvgIpc) is 3.04. The van der Waals surface area contributed by atoms with Gasteiger partial charge in [-0.3, -0.25) is 10.5 Å². The minimum atomic E-state index is 0.00225. The summed E-state index contributed by atoms with van der Waals surface area (Å²) in [6.45, 7) is 2.93. The summed E-state index contributed by atoms with van der Waals surface area (Å²) in [6, 6.07) is 2.32. The molecule has 0 bridgehead atoms. The predicted molar refractivity (Wildman–Crippen MR) is 85.7 cm³/mol. The van der Waals surface area contributed by atoms with Gasteiger partial charge in [-0.25, -0.2) is 5.43 Å². The molecule has 6 heteroatoms. The first kappa shape index (κ1) is 14.3. The van der Waals surface area contributed by atoms with Crippen molar-refractivity contribution in [2.45, 2.75) is 45.2 Å². The number of thiophene rings is 1. The molecule has 2 aromatic rings. The topological polar surface area (TPSA) is 55.9 Å². The van der Waals surface area contributed by atoms with Crippen LogP contribution in [0.4, 0.5) is 0 Å². The zero-order valence-electron chi connectivity index (χ0n) is 11.5. The molecular formula is C14H19BrN4S. The van der Waals surface area contributed by atoms with Crippen LogP contribution in [0.1, 0.15) is 46.8 Å². The van der Waals surface area contributed by atoms with Gasteiger partial charge < -0.3 is 0 Å². The second-order valence-electron chi connectivity index (χ2n) is 5.10. The Balaban J connectivity index is 2.01. The van der Waals surface area contributed by atoms with E-state index in [0.29, 0.717) is 0 Å². The number of halogens is 1. The molecule has 0 saturated carbocycles. The molecule has 0 saturated heterocycles. The van der Waals surface area contributed by atoms with Crippen LogP contribution in [-0.4, -0.2) is 9.78 Å². The molecule has 0 fully saturated rings. The lowest BCUT2D eigenvalue weighted by Gasteiger charge is -2.16. The first-order valence-corrected chi connectivity index (χ1v) is 8.64. The molecule has 0 spiro atoms. The van der Waals surface area contributed by atoms with Crippen molar-refractivity contribution in [2.75, 3.05) is 0 Å². The second kappa shape index (κ2) is 5.97. The summed E-state index contributed by atoms with van der Waals surface area (Å²) < 4.78 is 3.00. The van der Waals surface area contributed by atoms with Crippen molar-refractivity contribution in [3.8, 4) is 0 Å². The quantitative estimate of drug-likeness (QED) is 0.654. The van der Waals surface area contributed by atoms with Gasteiger partial charge in [-0.15, -0.1) is 11.3 Å². The van der Waals surface area contributed by atoms with Gasteiger partial charge in [0.2, 0.25) is 0 Å². The molecule has 2 aromatic heterocycles. The van der Waals surface area contributed by atoms with E-state index < -0.39 is 0 Å². The Morgan fingerprint density at radius 3 is 3.00 bits per heavy atom. The molecule has 1 aliphatic carbocycles. The number of nitrogens with one attached hydrogen (secondary N) is 1. The Bertz CT molecular complexity index is 581. The van der Waals surface area contributed by atoms with Crippen molar-refractivity contribution in [3.05, 3.63) is 37.7 Å². The summed E-state index contributed by atoms with van der Waals surface area (Å²) in [7, 11) is 0. The molecule has 20 heavy (non-hydrogen) atoms. The van der Waals surface area contributed by atoms with Crippen LogP contribution in [0.25, 0.3) is 0 Å². The maximum atomic E-state index is 5.84. The number of hydrogen-bond acceptors (Lipinski definition) is 4. The van der Waals surface area contributed by atoms with Gasteiger partial charge >= 0.3 is 0 Å². The number of aromatic nitrogens is 2.